The van der Waals surface area contributed by atoms with Crippen LogP contribution in [0.3, 0.4) is 0 Å². The molecule has 0 spiro atoms. The number of halogens is 1. The highest BCUT2D eigenvalue weighted by molar-refractivity contribution is 6.30. The molecule has 1 aliphatic rings. The van der Waals surface area contributed by atoms with Gasteiger partial charge in [0.1, 0.15) is 5.82 Å². The second kappa shape index (κ2) is 4.19. The zero-order chi connectivity index (χ0) is 11.8. The molecule has 17 heavy (non-hydrogen) atoms. The molecule has 1 aromatic heterocycles. The number of imidazole rings is 1. The van der Waals surface area contributed by atoms with Gasteiger partial charge in [0.15, 0.2) is 0 Å². The Morgan fingerprint density at radius 3 is 2.82 bits per heavy atom. The summed E-state index contributed by atoms with van der Waals surface area (Å²) in [6.45, 7) is 3.39. The Morgan fingerprint density at radius 1 is 1.29 bits per heavy atom. The van der Waals surface area contributed by atoms with E-state index in [1.807, 2.05) is 24.3 Å². The summed E-state index contributed by atoms with van der Waals surface area (Å²) in [4.78, 5) is 4.71. The maximum Gasteiger partial charge on any atom is 0.109 e. The molecule has 3 heteroatoms. The Morgan fingerprint density at radius 2 is 2.06 bits per heavy atom. The van der Waals surface area contributed by atoms with Crippen molar-refractivity contribution in [1.82, 2.24) is 9.55 Å². The van der Waals surface area contributed by atoms with Crippen LogP contribution in [-0.4, -0.2) is 9.55 Å². The largest absolute Gasteiger partial charge is 0.334 e. The van der Waals surface area contributed by atoms with Crippen LogP contribution in [0.1, 0.15) is 19.2 Å². The summed E-state index contributed by atoms with van der Waals surface area (Å²) in [7, 11) is 0. The molecule has 0 radical (unpaired) electrons. The normalized spacial score (nSPS) is 19.1. The van der Waals surface area contributed by atoms with Gasteiger partial charge in [-0.25, -0.2) is 4.98 Å². The van der Waals surface area contributed by atoms with Gasteiger partial charge in [-0.1, -0.05) is 30.7 Å². The van der Waals surface area contributed by atoms with E-state index in [0.717, 1.165) is 35.2 Å². The molecule has 0 fully saturated rings. The Kier molecular flexibility index (Phi) is 2.67. The van der Waals surface area contributed by atoms with Crippen LogP contribution in [0, 0.1) is 5.92 Å². The first-order valence-corrected chi connectivity index (χ1v) is 6.42. The molecule has 88 valence electrons. The number of aromatic nitrogens is 2. The van der Waals surface area contributed by atoms with Crippen molar-refractivity contribution in [2.45, 2.75) is 26.3 Å². The number of hydrogen-bond acceptors (Lipinski definition) is 1. The minimum absolute atomic E-state index is 0.759. The third-order valence-electron chi connectivity index (χ3n) is 3.37. The lowest BCUT2D eigenvalue weighted by Gasteiger charge is -2.19. The first kappa shape index (κ1) is 10.8. The van der Waals surface area contributed by atoms with Gasteiger partial charge < -0.3 is 4.57 Å². The van der Waals surface area contributed by atoms with Crippen LogP contribution in [0.2, 0.25) is 5.02 Å². The standard InChI is InChI=1S/C14H15ClN2/c1-10-2-7-14-16-13(9-17(14)8-10)11-3-5-12(15)6-4-11/h3-6,9-10H,2,7-8H2,1H3/t10-/m0/s1. The average Bonchev–Trinajstić information content (AvgIpc) is 2.72. The van der Waals surface area contributed by atoms with Gasteiger partial charge >= 0.3 is 0 Å². The first-order chi connectivity index (χ1) is 8.22. The highest BCUT2D eigenvalue weighted by Gasteiger charge is 2.17. The van der Waals surface area contributed by atoms with Crippen LogP contribution in [-0.2, 0) is 13.0 Å². The van der Waals surface area contributed by atoms with E-state index in [9.17, 15) is 0 Å². The fraction of sp³-hybridized carbons (Fsp3) is 0.357. The molecule has 2 aromatic rings. The van der Waals surface area contributed by atoms with E-state index in [4.69, 9.17) is 16.6 Å². The van der Waals surface area contributed by atoms with Crippen molar-refractivity contribution in [2.75, 3.05) is 0 Å². The number of nitrogens with zero attached hydrogens (tertiary/aromatic N) is 2. The number of hydrogen-bond donors (Lipinski definition) is 0. The van der Waals surface area contributed by atoms with E-state index >= 15 is 0 Å². The lowest BCUT2D eigenvalue weighted by Crippen LogP contribution is -2.17. The van der Waals surface area contributed by atoms with Gasteiger partial charge in [0.05, 0.1) is 5.69 Å². The van der Waals surface area contributed by atoms with Gasteiger partial charge in [0.25, 0.3) is 0 Å². The molecule has 0 aliphatic carbocycles. The van der Waals surface area contributed by atoms with E-state index in [1.165, 1.54) is 12.2 Å². The van der Waals surface area contributed by atoms with Crippen LogP contribution in [0.25, 0.3) is 11.3 Å². The molecule has 1 aliphatic heterocycles. The summed E-state index contributed by atoms with van der Waals surface area (Å²) >= 11 is 5.89. The fourth-order valence-electron chi connectivity index (χ4n) is 2.37. The minimum atomic E-state index is 0.759. The molecule has 0 saturated heterocycles. The van der Waals surface area contributed by atoms with Crippen molar-refractivity contribution in [3.8, 4) is 11.3 Å². The smallest absolute Gasteiger partial charge is 0.109 e. The number of benzene rings is 1. The molecular formula is C14H15ClN2. The van der Waals surface area contributed by atoms with E-state index < -0.39 is 0 Å². The monoisotopic (exact) mass is 246 g/mol. The van der Waals surface area contributed by atoms with Crippen molar-refractivity contribution in [3.63, 3.8) is 0 Å². The van der Waals surface area contributed by atoms with E-state index in [-0.39, 0.29) is 0 Å². The molecule has 0 bridgehead atoms. The Balaban J connectivity index is 1.97. The fourth-order valence-corrected chi connectivity index (χ4v) is 2.50. The van der Waals surface area contributed by atoms with Crippen LogP contribution >= 0.6 is 11.6 Å². The topological polar surface area (TPSA) is 17.8 Å². The molecule has 0 amide bonds. The second-order valence-electron chi connectivity index (χ2n) is 4.85. The molecule has 1 aromatic carbocycles. The van der Waals surface area contributed by atoms with Gasteiger partial charge in [-0.15, -0.1) is 0 Å². The number of aryl methyl sites for hydroxylation is 1. The lowest BCUT2D eigenvalue weighted by molar-refractivity contribution is 0.394. The van der Waals surface area contributed by atoms with Crippen molar-refractivity contribution in [2.24, 2.45) is 5.92 Å². The lowest BCUT2D eigenvalue weighted by atomic mass is 10.0. The Labute approximate surface area is 106 Å². The van der Waals surface area contributed by atoms with Crippen molar-refractivity contribution in [1.29, 1.82) is 0 Å². The van der Waals surface area contributed by atoms with E-state index in [2.05, 4.69) is 17.7 Å². The van der Waals surface area contributed by atoms with Crippen molar-refractivity contribution < 1.29 is 0 Å². The van der Waals surface area contributed by atoms with Gasteiger partial charge in [0.2, 0.25) is 0 Å². The summed E-state index contributed by atoms with van der Waals surface area (Å²) in [5.41, 5.74) is 2.20. The average molecular weight is 247 g/mol. The summed E-state index contributed by atoms with van der Waals surface area (Å²) in [6, 6.07) is 7.88. The third kappa shape index (κ3) is 2.09. The molecule has 0 unspecified atom stereocenters. The summed E-state index contributed by atoms with van der Waals surface area (Å²) < 4.78 is 2.29. The number of fused-ring (bicyclic) bond motifs is 1. The van der Waals surface area contributed by atoms with Crippen molar-refractivity contribution in [3.05, 3.63) is 41.3 Å². The molecule has 2 nitrogen and oxygen atoms in total. The minimum Gasteiger partial charge on any atom is -0.334 e. The maximum atomic E-state index is 5.89. The van der Waals surface area contributed by atoms with E-state index in [1.54, 1.807) is 0 Å². The van der Waals surface area contributed by atoms with Crippen LogP contribution in [0.5, 0.6) is 0 Å². The number of rotatable bonds is 1. The highest BCUT2D eigenvalue weighted by Crippen LogP contribution is 2.25. The summed E-state index contributed by atoms with van der Waals surface area (Å²) in [6.07, 6.45) is 4.50. The predicted molar refractivity (Wildman–Crippen MR) is 70.2 cm³/mol. The van der Waals surface area contributed by atoms with Gasteiger partial charge in [-0.2, -0.15) is 0 Å². The predicted octanol–water partition coefficient (Wildman–Crippen LogP) is 3.79. The quantitative estimate of drug-likeness (QED) is 0.749. The highest BCUT2D eigenvalue weighted by atomic mass is 35.5. The third-order valence-corrected chi connectivity index (χ3v) is 3.62. The molecule has 0 N–H and O–H groups in total. The Bertz CT molecular complexity index is 528. The van der Waals surface area contributed by atoms with Crippen LogP contribution in [0.4, 0.5) is 0 Å². The van der Waals surface area contributed by atoms with Crippen molar-refractivity contribution >= 4 is 11.6 Å². The van der Waals surface area contributed by atoms with E-state index in [0.29, 0.717) is 0 Å². The molecular weight excluding hydrogens is 232 g/mol. The van der Waals surface area contributed by atoms with Crippen LogP contribution < -0.4 is 0 Å². The Hall–Kier alpha value is -1.28. The summed E-state index contributed by atoms with van der Waals surface area (Å²) in [5.74, 6) is 1.97. The summed E-state index contributed by atoms with van der Waals surface area (Å²) in [5, 5.41) is 0.770. The zero-order valence-corrected chi connectivity index (χ0v) is 10.6. The van der Waals surface area contributed by atoms with Gasteiger partial charge in [-0.3, -0.25) is 0 Å². The second-order valence-corrected chi connectivity index (χ2v) is 5.28. The zero-order valence-electron chi connectivity index (χ0n) is 9.86. The molecule has 1 atom stereocenters. The van der Waals surface area contributed by atoms with Gasteiger partial charge in [0, 0.05) is 29.7 Å². The van der Waals surface area contributed by atoms with Gasteiger partial charge in [-0.05, 0) is 24.5 Å². The maximum absolute atomic E-state index is 5.89. The SMILES string of the molecule is C[C@H]1CCc2nc(-c3ccc(Cl)cc3)cn2C1. The first-order valence-electron chi connectivity index (χ1n) is 6.04. The molecule has 0 saturated carbocycles. The van der Waals surface area contributed by atoms with Crippen LogP contribution in [0.15, 0.2) is 30.5 Å². The molecule has 2 heterocycles. The molecule has 3 rings (SSSR count).